The summed E-state index contributed by atoms with van der Waals surface area (Å²) in [6.45, 7) is 3.69. The van der Waals surface area contributed by atoms with E-state index in [4.69, 9.17) is 12.2 Å². The molecule has 1 aromatic carbocycles. The fourth-order valence-corrected chi connectivity index (χ4v) is 2.77. The number of carbonyl (C=O) groups excluding carboxylic acids is 2. The number of thiocarbonyl (C=S) groups is 1. The fraction of sp³-hybridized carbons (Fsp3) is 0.400. The maximum Gasteiger partial charge on any atom is 0.254 e. The van der Waals surface area contributed by atoms with Crippen molar-refractivity contribution in [1.29, 1.82) is 0 Å². The van der Waals surface area contributed by atoms with Crippen LogP contribution in [0.15, 0.2) is 30.3 Å². The molecule has 21 heavy (non-hydrogen) atoms. The van der Waals surface area contributed by atoms with E-state index < -0.39 is 5.41 Å². The highest BCUT2D eigenvalue weighted by Crippen LogP contribution is 2.34. The zero-order valence-corrected chi connectivity index (χ0v) is 13.2. The standard InChI is InChI=1S/C15H19N3O2S/c1-4-15(5-2)12(19)16-17(3)14(21)18(13(15)20)11-9-7-6-8-10-11/h6-10H,4-5H2,1-3H3,(H,16,19). The Morgan fingerprint density at radius 2 is 1.71 bits per heavy atom. The molecular formula is C15H19N3O2S. The number of hydrazine groups is 1. The number of benzene rings is 1. The summed E-state index contributed by atoms with van der Waals surface area (Å²) in [6, 6.07) is 9.17. The quantitative estimate of drug-likeness (QED) is 0.686. The molecule has 0 unspecified atom stereocenters. The van der Waals surface area contributed by atoms with Gasteiger partial charge in [0.15, 0.2) is 0 Å². The topological polar surface area (TPSA) is 52.7 Å². The third-order valence-corrected chi connectivity index (χ3v) is 4.47. The molecule has 1 aromatic rings. The third-order valence-electron chi connectivity index (χ3n) is 4.02. The molecule has 1 aliphatic heterocycles. The Morgan fingerprint density at radius 3 is 2.24 bits per heavy atom. The molecule has 1 fully saturated rings. The van der Waals surface area contributed by atoms with Gasteiger partial charge in [0.2, 0.25) is 11.0 Å². The Balaban J connectivity index is 2.59. The second-order valence-electron chi connectivity index (χ2n) is 5.05. The lowest BCUT2D eigenvalue weighted by Gasteiger charge is -2.30. The summed E-state index contributed by atoms with van der Waals surface area (Å²) in [7, 11) is 1.64. The molecule has 0 spiro atoms. The number of nitrogens with zero attached hydrogens (tertiary/aromatic N) is 2. The summed E-state index contributed by atoms with van der Waals surface area (Å²) >= 11 is 5.36. The number of carbonyl (C=O) groups is 2. The zero-order valence-electron chi connectivity index (χ0n) is 12.4. The molecule has 0 atom stereocenters. The van der Waals surface area contributed by atoms with E-state index in [-0.39, 0.29) is 16.9 Å². The molecule has 2 amide bonds. The van der Waals surface area contributed by atoms with Crippen LogP contribution >= 0.6 is 12.2 Å². The summed E-state index contributed by atoms with van der Waals surface area (Å²) in [5, 5.41) is 1.69. The van der Waals surface area contributed by atoms with E-state index in [1.165, 1.54) is 9.91 Å². The first-order valence-electron chi connectivity index (χ1n) is 6.96. The molecule has 0 aliphatic carbocycles. The van der Waals surface area contributed by atoms with Gasteiger partial charge in [-0.1, -0.05) is 32.0 Å². The van der Waals surface area contributed by atoms with E-state index in [0.29, 0.717) is 18.5 Å². The summed E-state index contributed by atoms with van der Waals surface area (Å²) < 4.78 is 0. The molecule has 6 heteroatoms. The van der Waals surface area contributed by atoms with Gasteiger partial charge in [-0.3, -0.25) is 24.9 Å². The molecule has 2 rings (SSSR count). The third kappa shape index (κ3) is 2.40. The minimum Gasteiger partial charge on any atom is -0.273 e. The van der Waals surface area contributed by atoms with Crippen molar-refractivity contribution in [2.75, 3.05) is 11.9 Å². The predicted molar refractivity (Wildman–Crippen MR) is 85.4 cm³/mol. The number of amides is 2. The van der Waals surface area contributed by atoms with Crippen molar-refractivity contribution in [3.63, 3.8) is 0 Å². The molecule has 0 aromatic heterocycles. The van der Waals surface area contributed by atoms with Gasteiger partial charge in [-0.05, 0) is 37.2 Å². The molecule has 1 aliphatic rings. The lowest BCUT2D eigenvalue weighted by molar-refractivity contribution is -0.143. The number of anilines is 1. The number of para-hydroxylation sites is 1. The van der Waals surface area contributed by atoms with Crippen LogP contribution in [0.4, 0.5) is 5.69 Å². The Bertz CT molecular complexity index is 570. The second-order valence-corrected chi connectivity index (χ2v) is 5.41. The monoisotopic (exact) mass is 305 g/mol. The molecule has 1 N–H and O–H groups in total. The lowest BCUT2D eigenvalue weighted by Crippen LogP contribution is -2.49. The maximum atomic E-state index is 13.0. The van der Waals surface area contributed by atoms with Crippen LogP contribution in [0, 0.1) is 5.41 Å². The average molecular weight is 305 g/mol. The van der Waals surface area contributed by atoms with Crippen LogP contribution in [0.25, 0.3) is 0 Å². The SMILES string of the molecule is CCC1(CC)C(=O)NN(C)C(=S)N(c2ccccc2)C1=O. The van der Waals surface area contributed by atoms with Crippen molar-refractivity contribution in [2.24, 2.45) is 5.41 Å². The number of rotatable bonds is 3. The van der Waals surface area contributed by atoms with Crippen LogP contribution in [0.5, 0.6) is 0 Å². The van der Waals surface area contributed by atoms with Crippen LogP contribution in [0.3, 0.4) is 0 Å². The van der Waals surface area contributed by atoms with E-state index >= 15 is 0 Å². The largest absolute Gasteiger partial charge is 0.273 e. The average Bonchev–Trinajstić information content (AvgIpc) is 2.56. The smallest absolute Gasteiger partial charge is 0.254 e. The van der Waals surface area contributed by atoms with Gasteiger partial charge in [0.1, 0.15) is 5.41 Å². The van der Waals surface area contributed by atoms with Gasteiger partial charge in [0.25, 0.3) is 5.91 Å². The van der Waals surface area contributed by atoms with Gasteiger partial charge < -0.3 is 0 Å². The first kappa shape index (κ1) is 15.4. The van der Waals surface area contributed by atoms with Crippen LogP contribution in [-0.4, -0.2) is 29.0 Å². The molecule has 5 nitrogen and oxygen atoms in total. The predicted octanol–water partition coefficient (Wildman–Crippen LogP) is 2.09. The van der Waals surface area contributed by atoms with E-state index in [0.717, 1.165) is 0 Å². The highest BCUT2D eigenvalue weighted by Gasteiger charge is 2.49. The van der Waals surface area contributed by atoms with E-state index in [1.807, 2.05) is 44.2 Å². The van der Waals surface area contributed by atoms with E-state index in [2.05, 4.69) is 5.43 Å². The summed E-state index contributed by atoms with van der Waals surface area (Å²) in [5.74, 6) is -0.577. The van der Waals surface area contributed by atoms with Crippen molar-refractivity contribution >= 4 is 34.8 Å². The van der Waals surface area contributed by atoms with E-state index in [1.54, 1.807) is 7.05 Å². The minimum atomic E-state index is -1.09. The van der Waals surface area contributed by atoms with E-state index in [9.17, 15) is 9.59 Å². The van der Waals surface area contributed by atoms with Crippen molar-refractivity contribution < 1.29 is 9.59 Å². The zero-order chi connectivity index (χ0) is 15.6. The first-order chi connectivity index (χ1) is 9.97. The molecule has 0 saturated carbocycles. The van der Waals surface area contributed by atoms with Crippen molar-refractivity contribution in [3.8, 4) is 0 Å². The van der Waals surface area contributed by atoms with Gasteiger partial charge in [-0.2, -0.15) is 0 Å². The summed E-state index contributed by atoms with van der Waals surface area (Å²) in [6.07, 6.45) is 0.849. The maximum absolute atomic E-state index is 13.0. The highest BCUT2D eigenvalue weighted by atomic mass is 32.1. The first-order valence-corrected chi connectivity index (χ1v) is 7.37. The minimum absolute atomic E-state index is 0.267. The number of hydrogen-bond donors (Lipinski definition) is 1. The van der Waals surface area contributed by atoms with Crippen LogP contribution in [0.2, 0.25) is 0 Å². The Hall–Kier alpha value is -1.95. The molecular weight excluding hydrogens is 286 g/mol. The normalized spacial score (nSPS) is 18.5. The van der Waals surface area contributed by atoms with Gasteiger partial charge in [0, 0.05) is 7.05 Å². The van der Waals surface area contributed by atoms with Gasteiger partial charge in [0.05, 0.1) is 5.69 Å². The Morgan fingerprint density at radius 1 is 1.14 bits per heavy atom. The number of nitrogens with one attached hydrogen (secondary N) is 1. The molecule has 1 heterocycles. The summed E-state index contributed by atoms with van der Waals surface area (Å²) in [5.41, 5.74) is 2.28. The molecule has 0 radical (unpaired) electrons. The fourth-order valence-electron chi connectivity index (χ4n) is 2.53. The lowest BCUT2D eigenvalue weighted by atomic mass is 9.80. The van der Waals surface area contributed by atoms with Gasteiger partial charge in [-0.25, -0.2) is 0 Å². The molecule has 112 valence electrons. The second kappa shape index (κ2) is 5.81. The summed E-state index contributed by atoms with van der Waals surface area (Å²) in [4.78, 5) is 27.0. The highest BCUT2D eigenvalue weighted by molar-refractivity contribution is 7.80. The molecule has 0 bridgehead atoms. The van der Waals surface area contributed by atoms with Gasteiger partial charge >= 0.3 is 0 Å². The number of hydrogen-bond acceptors (Lipinski definition) is 3. The van der Waals surface area contributed by atoms with Crippen LogP contribution < -0.4 is 10.3 Å². The van der Waals surface area contributed by atoms with Crippen LogP contribution in [-0.2, 0) is 9.59 Å². The molecule has 1 saturated heterocycles. The Kier molecular flexibility index (Phi) is 4.27. The van der Waals surface area contributed by atoms with Crippen LogP contribution in [0.1, 0.15) is 26.7 Å². The van der Waals surface area contributed by atoms with Crippen molar-refractivity contribution in [1.82, 2.24) is 10.4 Å². The van der Waals surface area contributed by atoms with Crippen molar-refractivity contribution in [2.45, 2.75) is 26.7 Å². The van der Waals surface area contributed by atoms with Crippen molar-refractivity contribution in [3.05, 3.63) is 30.3 Å². The Labute approximate surface area is 129 Å². The van der Waals surface area contributed by atoms with Gasteiger partial charge in [-0.15, -0.1) is 0 Å².